The first kappa shape index (κ1) is 15.4. The van der Waals surface area contributed by atoms with Gasteiger partial charge < -0.3 is 14.4 Å². The van der Waals surface area contributed by atoms with Crippen LogP contribution in [0.5, 0.6) is 0 Å². The molecule has 3 heterocycles. The molecule has 118 valence electrons. The highest BCUT2D eigenvalue weighted by Gasteiger charge is 2.13. The number of H-pyrrole nitrogens is 2. The number of hydrogen-bond acceptors (Lipinski definition) is 4. The van der Waals surface area contributed by atoms with Crippen LogP contribution in [0.2, 0.25) is 0 Å². The summed E-state index contributed by atoms with van der Waals surface area (Å²) in [6.45, 7) is 0. The van der Waals surface area contributed by atoms with E-state index in [1.54, 1.807) is 6.26 Å². The number of nitrogens with zero attached hydrogens (tertiary/aromatic N) is 1. The smallest absolute Gasteiger partial charge is 0.177 e. The molecule has 0 aliphatic rings. The molecule has 0 amide bonds. The first-order valence-corrected chi connectivity index (χ1v) is 8.70. The zero-order chi connectivity index (χ0) is 16.7. The van der Waals surface area contributed by atoms with Crippen LogP contribution in [0, 0.1) is 9.41 Å². The molecule has 0 unspecified atom stereocenters. The zero-order valence-electron chi connectivity index (χ0n) is 12.2. The van der Waals surface area contributed by atoms with Crippen LogP contribution < -0.4 is 0 Å². The van der Waals surface area contributed by atoms with Crippen LogP contribution in [0.4, 0.5) is 0 Å². The molecule has 3 aromatic heterocycles. The van der Waals surface area contributed by atoms with E-state index >= 15 is 0 Å². The van der Waals surface area contributed by atoms with Gasteiger partial charge in [0, 0.05) is 15.6 Å². The van der Waals surface area contributed by atoms with Gasteiger partial charge in [-0.2, -0.15) is 0 Å². The minimum absolute atomic E-state index is 0.441. The molecule has 1 aromatic carbocycles. The fraction of sp³-hybridized carbons (Fsp3) is 0. The van der Waals surface area contributed by atoms with E-state index in [0.29, 0.717) is 15.1 Å². The van der Waals surface area contributed by atoms with Crippen molar-refractivity contribution < 1.29 is 4.42 Å². The number of nitrogens with one attached hydrogen (secondary N) is 2. The summed E-state index contributed by atoms with van der Waals surface area (Å²) in [4.78, 5) is 10.8. The van der Waals surface area contributed by atoms with Crippen molar-refractivity contribution in [1.82, 2.24) is 15.0 Å². The van der Waals surface area contributed by atoms with Crippen molar-refractivity contribution in [1.29, 1.82) is 0 Å². The lowest BCUT2D eigenvalue weighted by atomic mass is 10.1. The molecule has 0 saturated carbocycles. The van der Waals surface area contributed by atoms with E-state index in [0.717, 1.165) is 32.4 Å². The van der Waals surface area contributed by atoms with E-state index < -0.39 is 0 Å². The zero-order valence-corrected chi connectivity index (χ0v) is 15.4. The molecule has 0 saturated heterocycles. The van der Waals surface area contributed by atoms with Crippen LogP contribution in [0.15, 0.2) is 57.6 Å². The molecule has 4 rings (SSSR count). The standard InChI is InChI=1S/C17H10BrN3OS2/c18-10-4-1-3-9(7-10)12-8-11(13-5-2-6-22-13)14-15(19-12)20-17(24)21-16(14)23/h1-8H,(H2,19,20,21,23,24). The van der Waals surface area contributed by atoms with Crippen molar-refractivity contribution in [3.63, 3.8) is 0 Å². The van der Waals surface area contributed by atoms with Gasteiger partial charge in [-0.1, -0.05) is 40.3 Å². The lowest BCUT2D eigenvalue weighted by molar-refractivity contribution is 0.583. The third kappa shape index (κ3) is 2.75. The van der Waals surface area contributed by atoms with E-state index in [2.05, 4.69) is 25.9 Å². The van der Waals surface area contributed by atoms with Gasteiger partial charge in [-0.3, -0.25) is 0 Å². The number of aromatic nitrogens is 3. The molecule has 24 heavy (non-hydrogen) atoms. The van der Waals surface area contributed by atoms with Gasteiger partial charge in [-0.25, -0.2) is 4.98 Å². The summed E-state index contributed by atoms with van der Waals surface area (Å²) >= 11 is 14.2. The Morgan fingerprint density at radius 3 is 2.67 bits per heavy atom. The molecule has 0 aliphatic heterocycles. The van der Waals surface area contributed by atoms with Gasteiger partial charge in [0.25, 0.3) is 0 Å². The van der Waals surface area contributed by atoms with Crippen LogP contribution >= 0.6 is 40.4 Å². The van der Waals surface area contributed by atoms with Gasteiger partial charge in [0.1, 0.15) is 16.0 Å². The fourth-order valence-electron chi connectivity index (χ4n) is 2.59. The van der Waals surface area contributed by atoms with Crippen molar-refractivity contribution in [3.05, 3.63) is 62.6 Å². The molecule has 2 N–H and O–H groups in total. The first-order valence-electron chi connectivity index (χ1n) is 7.09. The Kier molecular flexibility index (Phi) is 3.91. The molecular formula is C17H10BrN3OS2. The highest BCUT2D eigenvalue weighted by molar-refractivity contribution is 9.10. The van der Waals surface area contributed by atoms with Crippen LogP contribution in [0.1, 0.15) is 0 Å². The van der Waals surface area contributed by atoms with Crippen LogP contribution in [0.25, 0.3) is 33.6 Å². The van der Waals surface area contributed by atoms with Crippen LogP contribution in [0.3, 0.4) is 0 Å². The molecule has 0 bridgehead atoms. The minimum Gasteiger partial charge on any atom is -0.464 e. The van der Waals surface area contributed by atoms with Gasteiger partial charge in [-0.15, -0.1) is 0 Å². The molecule has 0 atom stereocenters. The number of benzene rings is 1. The second-order valence-electron chi connectivity index (χ2n) is 5.17. The monoisotopic (exact) mass is 415 g/mol. The van der Waals surface area contributed by atoms with Crippen LogP contribution in [-0.2, 0) is 0 Å². The van der Waals surface area contributed by atoms with E-state index in [-0.39, 0.29) is 0 Å². The molecule has 0 spiro atoms. The summed E-state index contributed by atoms with van der Waals surface area (Å²) in [6, 6.07) is 13.7. The van der Waals surface area contributed by atoms with Crippen LogP contribution in [-0.4, -0.2) is 15.0 Å². The molecule has 0 aliphatic carbocycles. The van der Waals surface area contributed by atoms with E-state index in [9.17, 15) is 0 Å². The Bertz CT molecular complexity index is 1160. The largest absolute Gasteiger partial charge is 0.464 e. The van der Waals surface area contributed by atoms with Gasteiger partial charge in [-0.05, 0) is 42.5 Å². The van der Waals surface area contributed by atoms with E-state index in [1.807, 2.05) is 42.5 Å². The third-order valence-corrected chi connectivity index (χ3v) is 4.62. The quantitative estimate of drug-likeness (QED) is 0.391. The van der Waals surface area contributed by atoms with E-state index in [4.69, 9.17) is 33.8 Å². The maximum atomic E-state index is 5.59. The van der Waals surface area contributed by atoms with Gasteiger partial charge in [0.15, 0.2) is 4.77 Å². The maximum absolute atomic E-state index is 5.59. The summed E-state index contributed by atoms with van der Waals surface area (Å²) < 4.78 is 7.55. The van der Waals surface area contributed by atoms with Gasteiger partial charge in [0.2, 0.25) is 0 Å². The minimum atomic E-state index is 0.441. The van der Waals surface area contributed by atoms with Crippen molar-refractivity contribution in [2.75, 3.05) is 0 Å². The average Bonchev–Trinajstić information content (AvgIpc) is 3.07. The number of pyridine rings is 1. The molecule has 0 radical (unpaired) electrons. The average molecular weight is 416 g/mol. The predicted molar refractivity (Wildman–Crippen MR) is 103 cm³/mol. The Morgan fingerprint density at radius 2 is 1.92 bits per heavy atom. The predicted octanol–water partition coefficient (Wildman–Crippen LogP) is 6.04. The topological polar surface area (TPSA) is 57.6 Å². The molecule has 4 nitrogen and oxygen atoms in total. The van der Waals surface area contributed by atoms with Gasteiger partial charge in [0.05, 0.1) is 17.3 Å². The van der Waals surface area contributed by atoms with E-state index in [1.165, 1.54) is 0 Å². The summed E-state index contributed by atoms with van der Waals surface area (Å²) in [5.74, 6) is 0.726. The molecular weight excluding hydrogens is 406 g/mol. The highest BCUT2D eigenvalue weighted by atomic mass is 79.9. The molecule has 4 aromatic rings. The summed E-state index contributed by atoms with van der Waals surface area (Å²) in [6.07, 6.45) is 1.64. The number of furan rings is 1. The first-order chi connectivity index (χ1) is 11.6. The fourth-order valence-corrected chi connectivity index (χ4v) is 3.56. The highest BCUT2D eigenvalue weighted by Crippen LogP contribution is 2.32. The number of fused-ring (bicyclic) bond motifs is 1. The summed E-state index contributed by atoms with van der Waals surface area (Å²) in [5.41, 5.74) is 3.29. The number of halogens is 1. The number of hydrogen-bond donors (Lipinski definition) is 2. The van der Waals surface area contributed by atoms with Crippen molar-refractivity contribution in [3.8, 4) is 22.6 Å². The number of aromatic amines is 2. The summed E-state index contributed by atoms with van der Waals surface area (Å²) in [7, 11) is 0. The molecule has 0 fully saturated rings. The van der Waals surface area contributed by atoms with Crippen molar-refractivity contribution in [2.24, 2.45) is 0 Å². The van der Waals surface area contributed by atoms with Crippen molar-refractivity contribution >= 4 is 51.4 Å². The lowest BCUT2D eigenvalue weighted by Crippen LogP contribution is -1.95. The van der Waals surface area contributed by atoms with Gasteiger partial charge >= 0.3 is 0 Å². The Balaban J connectivity index is 2.11. The SMILES string of the molecule is S=c1[nH]c(=S)c2c(-c3ccco3)cc(-c3cccc(Br)c3)nc2[nH]1. The Hall–Kier alpha value is -2.09. The normalized spacial score (nSPS) is 11.0. The molecule has 7 heteroatoms. The number of rotatable bonds is 2. The lowest BCUT2D eigenvalue weighted by Gasteiger charge is -2.09. The Labute approximate surface area is 155 Å². The maximum Gasteiger partial charge on any atom is 0.177 e. The van der Waals surface area contributed by atoms with Crippen molar-refractivity contribution in [2.45, 2.75) is 0 Å². The third-order valence-electron chi connectivity index (χ3n) is 3.61. The second kappa shape index (κ2) is 6.08. The second-order valence-corrected chi connectivity index (χ2v) is 6.91. The Morgan fingerprint density at radius 1 is 1.04 bits per heavy atom. The summed E-state index contributed by atoms with van der Waals surface area (Å²) in [5, 5.41) is 0.785.